The summed E-state index contributed by atoms with van der Waals surface area (Å²) in [6.07, 6.45) is 1.53. The van der Waals surface area contributed by atoms with Crippen LogP contribution in [-0.4, -0.2) is 35.4 Å². The van der Waals surface area contributed by atoms with Gasteiger partial charge in [0.25, 0.3) is 0 Å². The van der Waals surface area contributed by atoms with Crippen molar-refractivity contribution in [3.8, 4) is 0 Å². The molecule has 26 heavy (non-hydrogen) atoms. The van der Waals surface area contributed by atoms with E-state index in [0.717, 1.165) is 29.4 Å². The number of nitrogens with two attached hydrogens (primary N) is 1. The highest BCUT2D eigenvalue weighted by molar-refractivity contribution is 6.11. The Morgan fingerprint density at radius 2 is 1.92 bits per heavy atom. The predicted octanol–water partition coefficient (Wildman–Crippen LogP) is 2.82. The van der Waals surface area contributed by atoms with E-state index in [1.165, 1.54) is 0 Å². The van der Waals surface area contributed by atoms with Crippen LogP contribution < -0.4 is 11.1 Å². The molecule has 140 valence electrons. The van der Waals surface area contributed by atoms with Crippen LogP contribution in [0.2, 0.25) is 0 Å². The number of ether oxygens (including phenoxy) is 1. The number of unbranched alkanes of at least 4 members (excludes halogenated alkanes) is 2. The molecule has 2 aromatic rings. The number of benzene rings is 1. The van der Waals surface area contributed by atoms with E-state index in [2.05, 4.69) is 10.3 Å². The predicted molar refractivity (Wildman–Crippen MR) is 99.0 cm³/mol. The quantitative estimate of drug-likeness (QED) is 0.363. The Kier molecular flexibility index (Phi) is 6.77. The molecule has 1 aromatic carbocycles. The van der Waals surface area contributed by atoms with Gasteiger partial charge in [-0.15, -0.1) is 0 Å². The lowest BCUT2D eigenvalue weighted by molar-refractivity contribution is -0.146. The minimum Gasteiger partial charge on any atom is -0.454 e. The first kappa shape index (κ1) is 19.5. The average Bonchev–Trinajstić information content (AvgIpc) is 2.92. The summed E-state index contributed by atoms with van der Waals surface area (Å²) >= 11 is 0. The number of rotatable bonds is 9. The molecule has 0 aliphatic carbocycles. The fourth-order valence-electron chi connectivity index (χ4n) is 2.89. The summed E-state index contributed by atoms with van der Waals surface area (Å²) in [5.74, 6) is -0.606. The van der Waals surface area contributed by atoms with Crippen molar-refractivity contribution in [1.82, 2.24) is 10.3 Å². The van der Waals surface area contributed by atoms with E-state index in [-0.39, 0.29) is 12.2 Å². The van der Waals surface area contributed by atoms with Gasteiger partial charge in [0.1, 0.15) is 0 Å². The molecular weight excluding hydrogens is 334 g/mol. The molecule has 1 heterocycles. The molecule has 0 spiro atoms. The van der Waals surface area contributed by atoms with Crippen LogP contribution in [-0.2, 0) is 9.53 Å². The molecule has 1 atom stereocenters. The maximum absolute atomic E-state index is 12.7. The van der Waals surface area contributed by atoms with Crippen molar-refractivity contribution in [2.75, 3.05) is 6.54 Å². The standard InChI is InChI=1S/C19H25N3O4/c1-12-17(14-8-5-6-9-15(14)22-12)18(24)13(2)26-16(23)10-4-3-7-11-21-19(20)25/h5-6,8-9,13,22H,3-4,7,10-11H2,1-2H3,(H3,20,21,25)/t13-/m1/s1. The second kappa shape index (κ2) is 9.03. The molecule has 0 saturated heterocycles. The van der Waals surface area contributed by atoms with Crippen LogP contribution in [0.1, 0.15) is 48.7 Å². The molecule has 7 heteroatoms. The first-order valence-electron chi connectivity index (χ1n) is 8.74. The molecule has 0 bridgehead atoms. The SMILES string of the molecule is Cc1[nH]c2ccccc2c1C(=O)[C@@H](C)OC(=O)CCCCCNC(N)=O. The Labute approximate surface area is 152 Å². The molecule has 2 rings (SSSR count). The number of nitrogens with one attached hydrogen (secondary N) is 2. The van der Waals surface area contributed by atoms with E-state index in [9.17, 15) is 14.4 Å². The van der Waals surface area contributed by atoms with Crippen molar-refractivity contribution < 1.29 is 19.1 Å². The summed E-state index contributed by atoms with van der Waals surface area (Å²) in [6, 6.07) is 7.00. The van der Waals surface area contributed by atoms with Crippen molar-refractivity contribution in [3.63, 3.8) is 0 Å². The molecule has 0 radical (unpaired) electrons. The number of hydrogen-bond donors (Lipinski definition) is 3. The van der Waals surface area contributed by atoms with E-state index in [0.29, 0.717) is 18.5 Å². The molecule has 2 amide bonds. The largest absolute Gasteiger partial charge is 0.454 e. The van der Waals surface area contributed by atoms with Crippen molar-refractivity contribution in [2.45, 2.75) is 45.6 Å². The van der Waals surface area contributed by atoms with Gasteiger partial charge in [-0.3, -0.25) is 9.59 Å². The zero-order valence-electron chi connectivity index (χ0n) is 15.1. The van der Waals surface area contributed by atoms with E-state index >= 15 is 0 Å². The van der Waals surface area contributed by atoms with Gasteiger partial charge >= 0.3 is 12.0 Å². The average molecular weight is 359 g/mol. The highest BCUT2D eigenvalue weighted by Crippen LogP contribution is 2.24. The Bertz CT molecular complexity index is 797. The fraction of sp³-hybridized carbons (Fsp3) is 0.421. The van der Waals surface area contributed by atoms with Crippen LogP contribution in [0.15, 0.2) is 24.3 Å². The Morgan fingerprint density at radius 1 is 1.19 bits per heavy atom. The van der Waals surface area contributed by atoms with Gasteiger partial charge in [0.2, 0.25) is 5.78 Å². The third kappa shape index (κ3) is 5.08. The molecule has 0 saturated carbocycles. The molecule has 1 aromatic heterocycles. The third-order valence-electron chi connectivity index (χ3n) is 4.17. The molecule has 0 fully saturated rings. The number of ketones is 1. The van der Waals surface area contributed by atoms with Gasteiger partial charge in [0.15, 0.2) is 6.10 Å². The molecule has 0 unspecified atom stereocenters. The molecule has 0 aliphatic heterocycles. The number of primary amides is 1. The highest BCUT2D eigenvalue weighted by Gasteiger charge is 2.24. The number of aryl methyl sites for hydroxylation is 1. The minimum atomic E-state index is -0.836. The normalized spacial score (nSPS) is 11.9. The minimum absolute atomic E-state index is 0.209. The number of H-pyrrole nitrogens is 1. The number of carbonyl (C=O) groups is 3. The summed E-state index contributed by atoms with van der Waals surface area (Å²) in [5.41, 5.74) is 7.18. The van der Waals surface area contributed by atoms with Crippen LogP contribution in [0.4, 0.5) is 4.79 Å². The number of para-hydroxylation sites is 1. The molecular formula is C19H25N3O4. The van der Waals surface area contributed by atoms with E-state index in [4.69, 9.17) is 10.5 Å². The number of urea groups is 1. The van der Waals surface area contributed by atoms with Gasteiger partial charge in [-0.25, -0.2) is 4.79 Å². The van der Waals surface area contributed by atoms with Gasteiger partial charge in [0.05, 0.1) is 0 Å². The number of aromatic nitrogens is 1. The van der Waals surface area contributed by atoms with Crippen LogP contribution >= 0.6 is 0 Å². The van der Waals surface area contributed by atoms with Crippen LogP contribution in [0.5, 0.6) is 0 Å². The number of Topliss-reactive ketones (excluding diaryl/α,β-unsaturated/α-hetero) is 1. The zero-order chi connectivity index (χ0) is 19.1. The molecule has 7 nitrogen and oxygen atoms in total. The van der Waals surface area contributed by atoms with Gasteiger partial charge in [-0.05, 0) is 32.8 Å². The lowest BCUT2D eigenvalue weighted by Gasteiger charge is -2.12. The van der Waals surface area contributed by atoms with Crippen molar-refractivity contribution in [3.05, 3.63) is 35.5 Å². The Morgan fingerprint density at radius 3 is 2.65 bits per heavy atom. The summed E-state index contributed by atoms with van der Waals surface area (Å²) in [6.45, 7) is 3.92. The smallest absolute Gasteiger partial charge is 0.312 e. The Hall–Kier alpha value is -2.83. The number of hydrogen-bond acceptors (Lipinski definition) is 4. The van der Waals surface area contributed by atoms with Gasteiger partial charge in [0, 0.05) is 35.1 Å². The fourth-order valence-corrected chi connectivity index (χ4v) is 2.89. The van der Waals surface area contributed by atoms with Gasteiger partial charge < -0.3 is 20.8 Å². The van der Waals surface area contributed by atoms with Crippen LogP contribution in [0.3, 0.4) is 0 Å². The summed E-state index contributed by atoms with van der Waals surface area (Å²) in [4.78, 5) is 38.4. The first-order valence-corrected chi connectivity index (χ1v) is 8.74. The number of esters is 1. The molecule has 0 aliphatic rings. The maximum atomic E-state index is 12.7. The second-order valence-electron chi connectivity index (χ2n) is 6.27. The van der Waals surface area contributed by atoms with Gasteiger partial charge in [-0.1, -0.05) is 24.6 Å². The number of fused-ring (bicyclic) bond motifs is 1. The topological polar surface area (TPSA) is 114 Å². The number of carbonyl (C=O) groups excluding carboxylic acids is 3. The lowest BCUT2D eigenvalue weighted by atomic mass is 10.0. The van der Waals surface area contributed by atoms with Crippen LogP contribution in [0, 0.1) is 6.92 Å². The van der Waals surface area contributed by atoms with E-state index < -0.39 is 18.1 Å². The lowest BCUT2D eigenvalue weighted by Crippen LogP contribution is -2.30. The van der Waals surface area contributed by atoms with Crippen molar-refractivity contribution >= 4 is 28.7 Å². The first-order chi connectivity index (χ1) is 12.4. The van der Waals surface area contributed by atoms with Crippen LogP contribution in [0.25, 0.3) is 10.9 Å². The van der Waals surface area contributed by atoms with Crippen molar-refractivity contribution in [2.24, 2.45) is 5.73 Å². The van der Waals surface area contributed by atoms with E-state index in [1.54, 1.807) is 6.92 Å². The monoisotopic (exact) mass is 359 g/mol. The summed E-state index contributed by atoms with van der Waals surface area (Å²) in [7, 11) is 0. The summed E-state index contributed by atoms with van der Waals surface area (Å²) in [5, 5.41) is 3.32. The Balaban J connectivity index is 1.84. The molecule has 4 N–H and O–H groups in total. The maximum Gasteiger partial charge on any atom is 0.312 e. The second-order valence-corrected chi connectivity index (χ2v) is 6.27. The summed E-state index contributed by atoms with van der Waals surface area (Å²) < 4.78 is 5.29. The third-order valence-corrected chi connectivity index (χ3v) is 4.17. The number of amides is 2. The zero-order valence-corrected chi connectivity index (χ0v) is 15.1. The van der Waals surface area contributed by atoms with E-state index in [1.807, 2.05) is 31.2 Å². The number of aromatic amines is 1. The van der Waals surface area contributed by atoms with Crippen molar-refractivity contribution in [1.29, 1.82) is 0 Å². The highest BCUT2D eigenvalue weighted by atomic mass is 16.5. The van der Waals surface area contributed by atoms with Gasteiger partial charge in [-0.2, -0.15) is 0 Å².